The van der Waals surface area contributed by atoms with Gasteiger partial charge in [-0.2, -0.15) is 10.1 Å². The highest BCUT2D eigenvalue weighted by Crippen LogP contribution is 2.33. The molecule has 3 saturated heterocycles. The van der Waals surface area contributed by atoms with Crippen molar-refractivity contribution in [2.45, 2.75) is 83.1 Å². The number of aromatic nitrogens is 5. The van der Waals surface area contributed by atoms with E-state index in [9.17, 15) is 19.2 Å². The third kappa shape index (κ3) is 7.11. The van der Waals surface area contributed by atoms with E-state index in [1.807, 2.05) is 24.4 Å². The van der Waals surface area contributed by atoms with Gasteiger partial charge in [-0.3, -0.25) is 39.0 Å². The van der Waals surface area contributed by atoms with Gasteiger partial charge in [-0.1, -0.05) is 6.07 Å². The highest BCUT2D eigenvalue weighted by Gasteiger charge is 2.44. The Hall–Kier alpha value is -5.48. The number of fused-ring (bicyclic) bond motifs is 2. The molecule has 0 saturated carbocycles. The molecule has 0 aliphatic carbocycles. The highest BCUT2D eigenvalue weighted by atomic mass is 16.5. The molecule has 3 aromatic heterocycles. The molecular weight excluding hydrogens is 703 g/mol. The molecule has 1 unspecified atom stereocenters. The van der Waals surface area contributed by atoms with E-state index in [2.05, 4.69) is 55.9 Å². The molecule has 4 aliphatic heterocycles. The molecule has 7 heterocycles. The highest BCUT2D eigenvalue weighted by molar-refractivity contribution is 6.23. The predicted molar refractivity (Wildman–Crippen MR) is 205 cm³/mol. The maximum atomic E-state index is 13.4. The molecule has 4 aliphatic rings. The number of imide groups is 2. The van der Waals surface area contributed by atoms with Crippen molar-refractivity contribution < 1.29 is 23.9 Å². The van der Waals surface area contributed by atoms with Crippen LogP contribution in [0.4, 0.5) is 23.4 Å². The average molecular weight is 750 g/mol. The number of rotatable bonds is 10. The maximum Gasteiger partial charge on any atom is 0.262 e. The summed E-state index contributed by atoms with van der Waals surface area (Å²) in [5.41, 5.74) is 2.50. The Bertz CT molecular complexity index is 2140. The minimum atomic E-state index is -0.979. The summed E-state index contributed by atoms with van der Waals surface area (Å²) in [4.78, 5) is 72.5. The van der Waals surface area contributed by atoms with Crippen molar-refractivity contribution in [2.75, 3.05) is 55.5 Å². The Morgan fingerprint density at radius 1 is 0.909 bits per heavy atom. The molecular formula is C39H47N11O5. The topological polar surface area (TPSA) is 171 Å². The Kier molecular flexibility index (Phi) is 9.94. The van der Waals surface area contributed by atoms with Gasteiger partial charge in [-0.05, 0) is 76.8 Å². The molecule has 0 bridgehead atoms. The first-order chi connectivity index (χ1) is 26.6. The molecule has 0 radical (unpaired) electrons. The molecule has 4 aromatic rings. The lowest BCUT2D eigenvalue weighted by Gasteiger charge is -2.37. The minimum absolute atomic E-state index is 0.0888. The minimum Gasteiger partial charge on any atom is -0.381 e. The Morgan fingerprint density at radius 2 is 1.65 bits per heavy atom. The number of nitrogens with one attached hydrogen (secondary N) is 2. The number of hydrogen-bond donors (Lipinski definition) is 2. The van der Waals surface area contributed by atoms with Gasteiger partial charge in [-0.25, -0.2) is 9.97 Å². The fraction of sp³-hybridized carbons (Fsp3) is 0.487. The monoisotopic (exact) mass is 749 g/mol. The van der Waals surface area contributed by atoms with Gasteiger partial charge in [0.2, 0.25) is 17.8 Å². The summed E-state index contributed by atoms with van der Waals surface area (Å²) in [6.45, 7) is 8.20. The van der Waals surface area contributed by atoms with Crippen LogP contribution < -0.4 is 20.4 Å². The maximum absolute atomic E-state index is 13.4. The summed E-state index contributed by atoms with van der Waals surface area (Å²) in [5, 5.41) is 11.7. The van der Waals surface area contributed by atoms with Crippen LogP contribution in [0.15, 0.2) is 42.7 Å². The molecule has 288 valence electrons. The van der Waals surface area contributed by atoms with Crippen LogP contribution in [-0.2, 0) is 20.9 Å². The van der Waals surface area contributed by atoms with Crippen molar-refractivity contribution in [1.29, 1.82) is 0 Å². The van der Waals surface area contributed by atoms with Gasteiger partial charge in [0.15, 0.2) is 5.82 Å². The summed E-state index contributed by atoms with van der Waals surface area (Å²) in [7, 11) is 3.85. The van der Waals surface area contributed by atoms with Crippen LogP contribution in [0.5, 0.6) is 0 Å². The number of carbonyl (C=O) groups is 4. The standard InChI is InChI=1S/C39H47N11O5/c1-23(2)50-31-20-33(42-32-9-14-40-39(43-32)48-17-12-26(55-4)13-18-48)41-21-29(31)35(45-50)47-15-10-25(11-16-47)46(3)22-24-5-6-27-28(19-24)38(54)49(37(27)53)30-7-8-34(51)44-36(30)52/h5-6,9,14,19-21,23,25-26,30H,7-8,10-13,15-18,22H2,1-4H3,(H,44,51,52)(H,40,41,42,43). The quantitative estimate of drug-likeness (QED) is 0.226. The van der Waals surface area contributed by atoms with Crippen LogP contribution in [0.2, 0.25) is 0 Å². The fourth-order valence-electron chi connectivity index (χ4n) is 8.26. The van der Waals surface area contributed by atoms with Crippen molar-refractivity contribution in [3.05, 3.63) is 59.4 Å². The largest absolute Gasteiger partial charge is 0.381 e. The first-order valence-electron chi connectivity index (χ1n) is 19.1. The molecule has 16 heteroatoms. The number of methoxy groups -OCH3 is 1. The number of carbonyl (C=O) groups excluding carboxylic acids is 4. The summed E-state index contributed by atoms with van der Waals surface area (Å²) in [6, 6.07) is 8.68. The van der Waals surface area contributed by atoms with Crippen LogP contribution >= 0.6 is 0 Å². The molecule has 0 spiro atoms. The lowest BCUT2D eigenvalue weighted by molar-refractivity contribution is -0.136. The second kappa shape index (κ2) is 15.0. The smallest absolute Gasteiger partial charge is 0.262 e. The zero-order valence-electron chi connectivity index (χ0n) is 31.7. The zero-order chi connectivity index (χ0) is 38.4. The number of pyridine rings is 1. The lowest BCUT2D eigenvalue weighted by Crippen LogP contribution is -2.54. The first kappa shape index (κ1) is 36.5. The normalized spacial score (nSPS) is 20.0. The summed E-state index contributed by atoms with van der Waals surface area (Å²) in [5.74, 6) is 1.00. The molecule has 55 heavy (non-hydrogen) atoms. The molecule has 8 rings (SSSR count). The SMILES string of the molecule is COC1CCN(c2nccc(Nc3cc4c(cn3)c(N3CCC(N(C)Cc5ccc6c(c5)C(=O)N(C5CCC(=O)NC5=O)C6=O)CC3)nn4C(C)C)n2)CC1. The van der Waals surface area contributed by atoms with Gasteiger partial charge in [-0.15, -0.1) is 0 Å². The van der Waals surface area contributed by atoms with E-state index in [0.717, 1.165) is 79.0 Å². The van der Waals surface area contributed by atoms with Gasteiger partial charge in [0.1, 0.15) is 17.7 Å². The zero-order valence-corrected chi connectivity index (χ0v) is 31.7. The number of benzene rings is 1. The molecule has 3 fully saturated rings. The number of piperidine rings is 3. The van der Waals surface area contributed by atoms with Crippen molar-refractivity contribution in [3.63, 3.8) is 0 Å². The van der Waals surface area contributed by atoms with Crippen LogP contribution in [0.25, 0.3) is 10.9 Å². The van der Waals surface area contributed by atoms with Crippen molar-refractivity contribution in [3.8, 4) is 0 Å². The van der Waals surface area contributed by atoms with E-state index in [4.69, 9.17) is 19.8 Å². The summed E-state index contributed by atoms with van der Waals surface area (Å²) < 4.78 is 7.58. The Morgan fingerprint density at radius 3 is 2.38 bits per heavy atom. The van der Waals surface area contributed by atoms with Crippen molar-refractivity contribution >= 4 is 57.9 Å². The fourth-order valence-corrected chi connectivity index (χ4v) is 8.26. The van der Waals surface area contributed by atoms with Crippen LogP contribution in [0.3, 0.4) is 0 Å². The number of hydrogen-bond acceptors (Lipinski definition) is 13. The second-order valence-electron chi connectivity index (χ2n) is 15.2. The molecule has 4 amide bonds. The number of ether oxygens (including phenoxy) is 1. The molecule has 16 nitrogen and oxygen atoms in total. The number of amides is 4. The number of nitrogens with zero attached hydrogens (tertiary/aromatic N) is 9. The van der Waals surface area contributed by atoms with Gasteiger partial charge >= 0.3 is 0 Å². The summed E-state index contributed by atoms with van der Waals surface area (Å²) >= 11 is 0. The van der Waals surface area contributed by atoms with E-state index in [-0.39, 0.29) is 30.6 Å². The van der Waals surface area contributed by atoms with Gasteiger partial charge < -0.3 is 19.9 Å². The molecule has 2 N–H and O–H groups in total. The molecule has 1 aromatic carbocycles. The van der Waals surface area contributed by atoms with Crippen LogP contribution in [0, 0.1) is 0 Å². The van der Waals surface area contributed by atoms with E-state index in [1.54, 1.807) is 25.4 Å². The van der Waals surface area contributed by atoms with E-state index < -0.39 is 29.7 Å². The average Bonchev–Trinajstić information content (AvgIpc) is 3.69. The second-order valence-corrected chi connectivity index (χ2v) is 15.2. The van der Waals surface area contributed by atoms with Crippen molar-refractivity contribution in [1.82, 2.24) is 39.8 Å². The predicted octanol–water partition coefficient (Wildman–Crippen LogP) is 3.66. The molecule has 1 atom stereocenters. The van der Waals surface area contributed by atoms with Crippen molar-refractivity contribution in [2.24, 2.45) is 0 Å². The van der Waals surface area contributed by atoms with E-state index in [0.29, 0.717) is 35.7 Å². The van der Waals surface area contributed by atoms with Crippen LogP contribution in [-0.4, -0.2) is 117 Å². The van der Waals surface area contributed by atoms with Gasteiger partial charge in [0, 0.05) is 76.8 Å². The third-order valence-corrected chi connectivity index (χ3v) is 11.3. The third-order valence-electron chi connectivity index (χ3n) is 11.3. The van der Waals surface area contributed by atoms with Crippen LogP contribution in [0.1, 0.15) is 84.7 Å². The number of anilines is 4. The van der Waals surface area contributed by atoms with E-state index >= 15 is 0 Å². The summed E-state index contributed by atoms with van der Waals surface area (Å²) in [6.07, 6.45) is 7.92. The Labute approximate surface area is 319 Å². The van der Waals surface area contributed by atoms with E-state index in [1.165, 1.54) is 0 Å². The van der Waals surface area contributed by atoms with Gasteiger partial charge in [0.05, 0.1) is 28.1 Å². The van der Waals surface area contributed by atoms with Gasteiger partial charge in [0.25, 0.3) is 11.8 Å². The lowest BCUT2D eigenvalue weighted by atomic mass is 10.0. The Balaban J connectivity index is 0.913. The first-order valence-corrected chi connectivity index (χ1v) is 19.1.